The molecule has 1 aromatic rings. The van der Waals surface area contributed by atoms with Gasteiger partial charge in [0.15, 0.2) is 0 Å². The lowest BCUT2D eigenvalue weighted by molar-refractivity contribution is -0.134. The lowest BCUT2D eigenvalue weighted by Crippen LogP contribution is -2.47. The lowest BCUT2D eigenvalue weighted by Gasteiger charge is -2.33. The number of amides is 1. The fourth-order valence-electron chi connectivity index (χ4n) is 3.29. The number of carbonyl (C=O) groups excluding carboxylic acids is 1. The maximum absolute atomic E-state index is 12.4. The molecule has 1 unspecified atom stereocenters. The van der Waals surface area contributed by atoms with Gasteiger partial charge in [-0.15, -0.1) is 0 Å². The van der Waals surface area contributed by atoms with Gasteiger partial charge in [-0.3, -0.25) is 4.79 Å². The summed E-state index contributed by atoms with van der Waals surface area (Å²) in [5, 5.41) is 3.34. The average Bonchev–Trinajstić information content (AvgIpc) is 2.60. The second kappa shape index (κ2) is 7.99. The monoisotopic (exact) mass is 332 g/mol. The van der Waals surface area contributed by atoms with Crippen LogP contribution in [0.3, 0.4) is 0 Å². The Kier molecular flexibility index (Phi) is 5.74. The number of morpholine rings is 1. The normalized spacial score (nSPS) is 22.4. The van der Waals surface area contributed by atoms with Gasteiger partial charge in [0.25, 0.3) is 0 Å². The smallest absolute Gasteiger partial charge is 0.224 e. The second-order valence-corrected chi connectivity index (χ2v) is 6.87. The second-order valence-electron chi connectivity index (χ2n) is 6.87. The number of ether oxygens (including phenoxy) is 2. The number of likely N-dealkylation sites (tertiary alicyclic amines) is 1. The summed E-state index contributed by atoms with van der Waals surface area (Å²) in [7, 11) is 0. The minimum absolute atomic E-state index is 0.163. The molecule has 0 aliphatic carbocycles. The molecule has 2 aliphatic rings. The molecule has 0 radical (unpaired) electrons. The van der Waals surface area contributed by atoms with E-state index in [1.165, 1.54) is 11.1 Å². The molecule has 1 atom stereocenters. The Morgan fingerprint density at radius 2 is 2.08 bits per heavy atom. The lowest BCUT2D eigenvalue weighted by atomic mass is 10.1. The Labute approximate surface area is 144 Å². The maximum Gasteiger partial charge on any atom is 0.224 e. The average molecular weight is 332 g/mol. The van der Waals surface area contributed by atoms with Crippen LogP contribution >= 0.6 is 0 Å². The molecule has 132 valence electrons. The maximum atomic E-state index is 12.4. The van der Waals surface area contributed by atoms with Gasteiger partial charge in [-0.2, -0.15) is 0 Å². The first-order valence-corrected chi connectivity index (χ1v) is 8.94. The third-order valence-corrected chi connectivity index (χ3v) is 5.00. The van der Waals surface area contributed by atoms with Crippen molar-refractivity contribution in [1.29, 1.82) is 0 Å². The van der Waals surface area contributed by atoms with Crippen LogP contribution in [-0.4, -0.2) is 55.8 Å². The predicted octanol–water partition coefficient (Wildman–Crippen LogP) is 2.05. The number of benzene rings is 1. The molecular formula is C19H28N2O3. The van der Waals surface area contributed by atoms with Gasteiger partial charge in [0.05, 0.1) is 13.2 Å². The Morgan fingerprint density at radius 1 is 1.29 bits per heavy atom. The number of rotatable bonds is 4. The molecule has 2 saturated heterocycles. The van der Waals surface area contributed by atoms with E-state index in [0.717, 1.165) is 44.8 Å². The van der Waals surface area contributed by atoms with Crippen LogP contribution in [-0.2, 0) is 9.53 Å². The third kappa shape index (κ3) is 4.48. The Hall–Kier alpha value is -1.59. The molecule has 0 saturated carbocycles. The van der Waals surface area contributed by atoms with Crippen molar-refractivity contribution in [2.45, 2.75) is 45.3 Å². The van der Waals surface area contributed by atoms with Gasteiger partial charge >= 0.3 is 0 Å². The van der Waals surface area contributed by atoms with Crippen LogP contribution in [0.4, 0.5) is 0 Å². The molecule has 5 heteroatoms. The highest BCUT2D eigenvalue weighted by atomic mass is 16.5. The van der Waals surface area contributed by atoms with Crippen molar-refractivity contribution in [2.24, 2.45) is 0 Å². The van der Waals surface area contributed by atoms with Crippen LogP contribution in [0.5, 0.6) is 5.75 Å². The zero-order chi connectivity index (χ0) is 16.9. The summed E-state index contributed by atoms with van der Waals surface area (Å²) in [5.74, 6) is 1.16. The number of nitrogens with one attached hydrogen (secondary N) is 1. The van der Waals surface area contributed by atoms with Gasteiger partial charge in [0.1, 0.15) is 11.9 Å². The number of hydrogen-bond donors (Lipinski definition) is 1. The zero-order valence-electron chi connectivity index (χ0n) is 14.7. The molecule has 1 aromatic carbocycles. The van der Waals surface area contributed by atoms with E-state index < -0.39 is 0 Å². The molecule has 1 amide bonds. The molecular weight excluding hydrogens is 304 g/mol. The van der Waals surface area contributed by atoms with Crippen LogP contribution in [0.2, 0.25) is 0 Å². The summed E-state index contributed by atoms with van der Waals surface area (Å²) in [5.41, 5.74) is 2.53. The fraction of sp³-hybridized carbons (Fsp3) is 0.632. The predicted molar refractivity (Wildman–Crippen MR) is 93.4 cm³/mol. The van der Waals surface area contributed by atoms with Crippen LogP contribution in [0.25, 0.3) is 0 Å². The molecule has 3 rings (SSSR count). The Bertz CT molecular complexity index is 562. The Balaban J connectivity index is 1.44. The molecule has 0 aromatic heterocycles. The zero-order valence-corrected chi connectivity index (χ0v) is 14.7. The number of carbonyl (C=O) groups is 1. The molecule has 0 spiro atoms. The highest BCUT2D eigenvalue weighted by Gasteiger charge is 2.26. The highest BCUT2D eigenvalue weighted by molar-refractivity contribution is 5.77. The van der Waals surface area contributed by atoms with Crippen LogP contribution in [0.15, 0.2) is 18.2 Å². The van der Waals surface area contributed by atoms with Crippen LogP contribution < -0.4 is 10.1 Å². The van der Waals surface area contributed by atoms with Gasteiger partial charge in [-0.05, 0) is 37.1 Å². The summed E-state index contributed by atoms with van der Waals surface area (Å²) in [6.45, 7) is 7.99. The largest absolute Gasteiger partial charge is 0.490 e. The standard InChI is InChI=1S/C19H28N2O3/c1-14-3-4-18(11-15(14)2)24-17-5-8-21(9-6-17)19(22)12-16-13-23-10-7-20-16/h3-4,11,16-17,20H,5-10,12-13H2,1-2H3. The van der Waals surface area contributed by atoms with Crippen molar-refractivity contribution in [1.82, 2.24) is 10.2 Å². The minimum Gasteiger partial charge on any atom is -0.490 e. The van der Waals surface area contributed by atoms with Gasteiger partial charge in [-0.1, -0.05) is 6.07 Å². The molecule has 24 heavy (non-hydrogen) atoms. The van der Waals surface area contributed by atoms with Crippen molar-refractivity contribution in [3.05, 3.63) is 29.3 Å². The SMILES string of the molecule is Cc1ccc(OC2CCN(C(=O)CC3COCCN3)CC2)cc1C. The first kappa shape index (κ1) is 17.2. The van der Waals surface area contributed by atoms with Gasteiger partial charge in [-0.25, -0.2) is 0 Å². The number of piperidine rings is 1. The summed E-state index contributed by atoms with van der Waals surface area (Å²) >= 11 is 0. The van der Waals surface area contributed by atoms with E-state index in [2.05, 4.69) is 31.3 Å². The summed E-state index contributed by atoms with van der Waals surface area (Å²) < 4.78 is 11.5. The third-order valence-electron chi connectivity index (χ3n) is 5.00. The summed E-state index contributed by atoms with van der Waals surface area (Å²) in [4.78, 5) is 14.4. The van der Waals surface area contributed by atoms with Crippen molar-refractivity contribution >= 4 is 5.91 Å². The fourth-order valence-corrected chi connectivity index (χ4v) is 3.29. The van der Waals surface area contributed by atoms with E-state index >= 15 is 0 Å². The molecule has 2 heterocycles. The quantitative estimate of drug-likeness (QED) is 0.917. The highest BCUT2D eigenvalue weighted by Crippen LogP contribution is 2.22. The van der Waals surface area contributed by atoms with Crippen molar-refractivity contribution in [3.63, 3.8) is 0 Å². The molecule has 2 fully saturated rings. The van der Waals surface area contributed by atoms with Crippen molar-refractivity contribution in [3.8, 4) is 5.75 Å². The first-order chi connectivity index (χ1) is 11.6. The van der Waals surface area contributed by atoms with E-state index in [-0.39, 0.29) is 18.1 Å². The number of aryl methyl sites for hydroxylation is 2. The van der Waals surface area contributed by atoms with E-state index in [9.17, 15) is 4.79 Å². The van der Waals surface area contributed by atoms with Gasteiger partial charge < -0.3 is 19.7 Å². The van der Waals surface area contributed by atoms with Crippen LogP contribution in [0, 0.1) is 13.8 Å². The van der Waals surface area contributed by atoms with E-state index in [0.29, 0.717) is 13.0 Å². The Morgan fingerprint density at radius 3 is 2.75 bits per heavy atom. The summed E-state index contributed by atoms with van der Waals surface area (Å²) in [6, 6.07) is 6.40. The molecule has 5 nitrogen and oxygen atoms in total. The topological polar surface area (TPSA) is 50.8 Å². The van der Waals surface area contributed by atoms with Gasteiger partial charge in [0, 0.05) is 44.9 Å². The molecule has 2 aliphatic heterocycles. The van der Waals surface area contributed by atoms with Crippen molar-refractivity contribution in [2.75, 3.05) is 32.8 Å². The van der Waals surface area contributed by atoms with Gasteiger partial charge in [0.2, 0.25) is 5.91 Å². The van der Waals surface area contributed by atoms with Crippen molar-refractivity contribution < 1.29 is 14.3 Å². The summed E-state index contributed by atoms with van der Waals surface area (Å²) in [6.07, 6.45) is 2.52. The number of nitrogens with zero attached hydrogens (tertiary/aromatic N) is 1. The van der Waals surface area contributed by atoms with E-state index in [1.54, 1.807) is 0 Å². The van der Waals surface area contributed by atoms with E-state index in [4.69, 9.17) is 9.47 Å². The minimum atomic E-state index is 0.163. The van der Waals surface area contributed by atoms with Crippen LogP contribution in [0.1, 0.15) is 30.4 Å². The molecule has 0 bridgehead atoms. The number of hydrogen-bond acceptors (Lipinski definition) is 4. The first-order valence-electron chi connectivity index (χ1n) is 8.94. The van der Waals surface area contributed by atoms with E-state index in [1.807, 2.05) is 11.0 Å². The molecule has 1 N–H and O–H groups in total.